The van der Waals surface area contributed by atoms with Gasteiger partial charge in [-0.05, 0) is 51.4 Å². The summed E-state index contributed by atoms with van der Waals surface area (Å²) in [5, 5.41) is 0. The van der Waals surface area contributed by atoms with Gasteiger partial charge in [0.05, 0.1) is 27.7 Å². The maximum Gasteiger partial charge on any atom is 0.472 e. The van der Waals surface area contributed by atoms with Crippen LogP contribution in [-0.4, -0.2) is 74.9 Å². The third-order valence-corrected chi connectivity index (χ3v) is 11.8. The second-order valence-electron chi connectivity index (χ2n) is 18.2. The first-order chi connectivity index (χ1) is 30.0. The molecule has 0 saturated carbocycles. The van der Waals surface area contributed by atoms with Gasteiger partial charge in [-0.2, -0.15) is 0 Å². The summed E-state index contributed by atoms with van der Waals surface area (Å²) in [5.41, 5.74) is 0. The lowest BCUT2D eigenvalue weighted by Crippen LogP contribution is -2.37. The molecule has 1 unspecified atom stereocenters. The van der Waals surface area contributed by atoms with E-state index in [2.05, 4.69) is 62.5 Å². The Balaban J connectivity index is 4.30. The summed E-state index contributed by atoms with van der Waals surface area (Å²) in [6.07, 6.45) is 53.2. The van der Waals surface area contributed by atoms with E-state index in [-0.39, 0.29) is 32.0 Å². The van der Waals surface area contributed by atoms with Crippen LogP contribution in [0.4, 0.5) is 0 Å². The molecular formula is C52H97NO8P+. The summed E-state index contributed by atoms with van der Waals surface area (Å²) in [6.45, 7) is 4.36. The molecule has 0 aliphatic carbocycles. The summed E-state index contributed by atoms with van der Waals surface area (Å²) in [7, 11) is 1.45. The maximum atomic E-state index is 12.7. The number of esters is 2. The Labute approximate surface area is 382 Å². The highest BCUT2D eigenvalue weighted by atomic mass is 31.2. The van der Waals surface area contributed by atoms with Gasteiger partial charge in [-0.15, -0.1) is 0 Å². The molecule has 0 spiro atoms. The Bertz CT molecular complexity index is 1190. The normalized spacial score (nSPS) is 13.8. The predicted octanol–water partition coefficient (Wildman–Crippen LogP) is 15.0. The number of hydrogen-bond acceptors (Lipinski definition) is 7. The summed E-state index contributed by atoms with van der Waals surface area (Å²) in [6, 6.07) is 0. The average Bonchev–Trinajstić information content (AvgIpc) is 3.23. The molecule has 362 valence electrons. The Hall–Kier alpha value is -2.03. The van der Waals surface area contributed by atoms with Gasteiger partial charge in [0.1, 0.15) is 19.8 Å². The van der Waals surface area contributed by atoms with Gasteiger partial charge in [0.2, 0.25) is 0 Å². The van der Waals surface area contributed by atoms with Crippen molar-refractivity contribution in [2.24, 2.45) is 0 Å². The second kappa shape index (κ2) is 44.2. The van der Waals surface area contributed by atoms with E-state index in [0.29, 0.717) is 17.4 Å². The van der Waals surface area contributed by atoms with Crippen molar-refractivity contribution in [1.29, 1.82) is 0 Å². The van der Waals surface area contributed by atoms with Gasteiger partial charge < -0.3 is 18.9 Å². The lowest BCUT2D eigenvalue weighted by molar-refractivity contribution is -0.870. The molecule has 0 aliphatic heterocycles. The standard InChI is InChI=1S/C52H96NO8P/c1-6-8-10-12-14-16-18-20-22-24-25-26-27-29-30-32-34-36-38-40-42-44-51(54)58-48-50(49-60-62(56,57)59-47-46-53(3,4)5)61-52(55)45-43-41-39-37-35-33-31-28-23-21-19-17-15-13-11-9-7-2/h15,17,21,23,31,33,37,39,50H,6-14,16,18-20,22,24-30,32,34-36,38,40-49H2,1-5H3/p+1/b17-15+,23-21+,33-31+,39-37+/t50-/m1/s1. The summed E-state index contributed by atoms with van der Waals surface area (Å²) in [4.78, 5) is 35.5. The molecule has 0 rings (SSSR count). The quantitative estimate of drug-likeness (QED) is 0.0212. The van der Waals surface area contributed by atoms with Crippen LogP contribution in [0.3, 0.4) is 0 Å². The van der Waals surface area contributed by atoms with Crippen molar-refractivity contribution in [2.75, 3.05) is 47.5 Å². The average molecular weight is 895 g/mol. The van der Waals surface area contributed by atoms with Gasteiger partial charge in [0, 0.05) is 12.8 Å². The summed E-state index contributed by atoms with van der Waals surface area (Å²) >= 11 is 0. The third kappa shape index (κ3) is 47.4. The van der Waals surface area contributed by atoms with Crippen molar-refractivity contribution in [1.82, 2.24) is 0 Å². The van der Waals surface area contributed by atoms with Crippen LogP contribution in [0.5, 0.6) is 0 Å². The minimum atomic E-state index is -4.39. The van der Waals surface area contributed by atoms with E-state index in [1.54, 1.807) is 0 Å². The van der Waals surface area contributed by atoms with Crippen molar-refractivity contribution in [3.05, 3.63) is 48.6 Å². The first kappa shape index (κ1) is 60.0. The third-order valence-electron chi connectivity index (χ3n) is 10.9. The molecule has 0 aromatic heterocycles. The SMILES string of the molecule is CCCCC/C=C/C/C=C/C/C=C/C/C=C/CCCC(=O)O[C@H](COC(=O)CCCCCCCCCCCCCCCCCCCCCCC)COP(=O)(O)OCC[N+](C)(C)C. The largest absolute Gasteiger partial charge is 0.472 e. The number of unbranched alkanes of at least 4 members (excludes halogenated alkanes) is 24. The monoisotopic (exact) mass is 895 g/mol. The van der Waals surface area contributed by atoms with E-state index >= 15 is 0 Å². The van der Waals surface area contributed by atoms with Crippen molar-refractivity contribution in [2.45, 2.75) is 225 Å². The highest BCUT2D eigenvalue weighted by molar-refractivity contribution is 7.47. The number of ether oxygens (including phenoxy) is 2. The van der Waals surface area contributed by atoms with Gasteiger partial charge in [0.15, 0.2) is 6.10 Å². The van der Waals surface area contributed by atoms with Crippen LogP contribution in [-0.2, 0) is 32.7 Å². The fourth-order valence-electron chi connectivity index (χ4n) is 6.89. The lowest BCUT2D eigenvalue weighted by Gasteiger charge is -2.24. The van der Waals surface area contributed by atoms with Gasteiger partial charge >= 0.3 is 19.8 Å². The van der Waals surface area contributed by atoms with Crippen molar-refractivity contribution < 1.29 is 42.1 Å². The van der Waals surface area contributed by atoms with Crippen LogP contribution >= 0.6 is 7.82 Å². The maximum absolute atomic E-state index is 12.7. The number of nitrogens with zero attached hydrogens (tertiary/aromatic N) is 1. The Morgan fingerprint density at radius 3 is 1.34 bits per heavy atom. The van der Waals surface area contributed by atoms with Gasteiger partial charge in [-0.25, -0.2) is 4.57 Å². The minimum Gasteiger partial charge on any atom is -0.462 e. The fourth-order valence-corrected chi connectivity index (χ4v) is 7.63. The highest BCUT2D eigenvalue weighted by Gasteiger charge is 2.27. The van der Waals surface area contributed by atoms with E-state index < -0.39 is 26.5 Å². The second-order valence-corrected chi connectivity index (χ2v) is 19.7. The molecular weight excluding hydrogens is 798 g/mol. The first-order valence-electron chi connectivity index (χ1n) is 25.4. The first-order valence-corrected chi connectivity index (χ1v) is 26.9. The zero-order valence-electron chi connectivity index (χ0n) is 40.9. The van der Waals surface area contributed by atoms with Crippen molar-refractivity contribution in [3.63, 3.8) is 0 Å². The molecule has 10 heteroatoms. The van der Waals surface area contributed by atoms with E-state index in [0.717, 1.165) is 44.9 Å². The summed E-state index contributed by atoms with van der Waals surface area (Å²) in [5.74, 6) is -0.857. The molecule has 0 amide bonds. The van der Waals surface area contributed by atoms with Crippen LogP contribution in [0.25, 0.3) is 0 Å². The number of likely N-dealkylation sites (N-methyl/N-ethyl adjacent to an activating group) is 1. The zero-order valence-corrected chi connectivity index (χ0v) is 41.7. The number of hydrogen-bond donors (Lipinski definition) is 1. The molecule has 0 bridgehead atoms. The molecule has 0 fully saturated rings. The highest BCUT2D eigenvalue weighted by Crippen LogP contribution is 2.43. The number of carbonyl (C=O) groups is 2. The van der Waals surface area contributed by atoms with Crippen molar-refractivity contribution >= 4 is 19.8 Å². The fraction of sp³-hybridized carbons (Fsp3) is 0.808. The molecule has 0 aromatic carbocycles. The number of rotatable bonds is 46. The van der Waals surface area contributed by atoms with E-state index in [9.17, 15) is 19.0 Å². The Morgan fingerprint density at radius 1 is 0.500 bits per heavy atom. The molecule has 0 heterocycles. The molecule has 9 nitrogen and oxygen atoms in total. The molecule has 0 aromatic rings. The molecule has 0 aliphatic rings. The summed E-state index contributed by atoms with van der Waals surface area (Å²) < 4.78 is 34.4. The number of phosphoric acid groups is 1. The number of allylic oxidation sites excluding steroid dienone is 8. The van der Waals surface area contributed by atoms with Crippen LogP contribution in [0.2, 0.25) is 0 Å². The number of phosphoric ester groups is 1. The molecule has 0 saturated heterocycles. The Kier molecular flexibility index (Phi) is 42.7. The molecule has 0 radical (unpaired) electrons. The molecule has 2 atom stereocenters. The van der Waals surface area contributed by atoms with E-state index in [4.69, 9.17) is 18.5 Å². The zero-order chi connectivity index (χ0) is 45.7. The van der Waals surface area contributed by atoms with Gasteiger partial charge in [-0.3, -0.25) is 18.6 Å². The van der Waals surface area contributed by atoms with E-state index in [1.165, 1.54) is 141 Å². The van der Waals surface area contributed by atoms with Gasteiger partial charge in [0.25, 0.3) is 0 Å². The smallest absolute Gasteiger partial charge is 0.462 e. The number of carbonyl (C=O) groups excluding carboxylic acids is 2. The van der Waals surface area contributed by atoms with E-state index in [1.807, 2.05) is 21.1 Å². The molecule has 1 N–H and O–H groups in total. The number of quaternary nitrogens is 1. The minimum absolute atomic E-state index is 0.0215. The Morgan fingerprint density at radius 2 is 0.887 bits per heavy atom. The lowest BCUT2D eigenvalue weighted by atomic mass is 10.0. The van der Waals surface area contributed by atoms with Crippen LogP contribution in [0.15, 0.2) is 48.6 Å². The molecule has 62 heavy (non-hydrogen) atoms. The predicted molar refractivity (Wildman–Crippen MR) is 261 cm³/mol. The topological polar surface area (TPSA) is 108 Å². The van der Waals surface area contributed by atoms with Crippen LogP contribution in [0.1, 0.15) is 219 Å². The van der Waals surface area contributed by atoms with Crippen molar-refractivity contribution in [3.8, 4) is 0 Å². The van der Waals surface area contributed by atoms with Gasteiger partial charge in [-0.1, -0.05) is 204 Å². The van der Waals surface area contributed by atoms with Crippen LogP contribution < -0.4 is 0 Å². The van der Waals surface area contributed by atoms with Crippen LogP contribution in [0, 0.1) is 0 Å².